The number of imidazole rings is 1. The summed E-state index contributed by atoms with van der Waals surface area (Å²) in [4.78, 5) is 4.24. The van der Waals surface area contributed by atoms with Gasteiger partial charge in [-0.2, -0.15) is 4.31 Å². The summed E-state index contributed by atoms with van der Waals surface area (Å²) >= 11 is 0. The monoisotopic (exact) mass is 333 g/mol. The van der Waals surface area contributed by atoms with E-state index in [4.69, 9.17) is 0 Å². The van der Waals surface area contributed by atoms with Crippen molar-refractivity contribution in [3.8, 4) is 0 Å². The molecule has 0 unspecified atom stereocenters. The summed E-state index contributed by atoms with van der Waals surface area (Å²) in [6.45, 7) is 4.20. The van der Waals surface area contributed by atoms with Crippen molar-refractivity contribution in [3.05, 3.63) is 47.9 Å². The van der Waals surface area contributed by atoms with Gasteiger partial charge in [0.25, 0.3) is 10.0 Å². The Balaban J connectivity index is 1.96. The molecule has 0 bridgehead atoms. The summed E-state index contributed by atoms with van der Waals surface area (Å²) in [5.41, 5.74) is 0.997. The van der Waals surface area contributed by atoms with E-state index >= 15 is 0 Å². The maximum Gasteiger partial charge on any atom is 0.262 e. The number of hydrogen-bond acceptors (Lipinski definition) is 3. The average molecular weight is 333 g/mol. The van der Waals surface area contributed by atoms with Crippen molar-refractivity contribution in [1.82, 2.24) is 13.9 Å². The fourth-order valence-corrected chi connectivity index (χ4v) is 4.50. The van der Waals surface area contributed by atoms with E-state index in [1.807, 2.05) is 51.2 Å². The second-order valence-electron chi connectivity index (χ2n) is 6.35. The number of aromatic nitrogens is 2. The summed E-state index contributed by atoms with van der Waals surface area (Å²) in [5, 5.41) is 0.140. The Morgan fingerprint density at radius 2 is 1.96 bits per heavy atom. The minimum Gasteiger partial charge on any atom is -0.337 e. The van der Waals surface area contributed by atoms with Gasteiger partial charge < -0.3 is 4.57 Å². The highest BCUT2D eigenvalue weighted by atomic mass is 32.2. The molecule has 124 valence electrons. The highest BCUT2D eigenvalue weighted by molar-refractivity contribution is 7.89. The van der Waals surface area contributed by atoms with Crippen molar-refractivity contribution in [2.24, 2.45) is 13.0 Å². The number of sulfonamides is 1. The minimum atomic E-state index is -3.60. The Bertz CT molecular complexity index is 760. The fourth-order valence-electron chi connectivity index (χ4n) is 2.80. The van der Waals surface area contributed by atoms with Crippen molar-refractivity contribution in [1.29, 1.82) is 0 Å². The van der Waals surface area contributed by atoms with Crippen LogP contribution < -0.4 is 0 Å². The molecule has 1 fully saturated rings. The standard InChI is InChI=1S/C17H23N3O2S/c1-13(16-9-10-16)20(11-15-7-5-4-6-8-15)23(21,22)17-12-19(3)14(2)18-17/h4-8,12-13,16H,9-11H2,1-3H3/t13-/m0/s1. The number of benzene rings is 1. The molecule has 6 heteroatoms. The lowest BCUT2D eigenvalue weighted by Crippen LogP contribution is -2.39. The van der Waals surface area contributed by atoms with Gasteiger partial charge in [0.05, 0.1) is 0 Å². The van der Waals surface area contributed by atoms with Gasteiger partial charge in [-0.1, -0.05) is 30.3 Å². The third-order valence-corrected chi connectivity index (χ3v) is 6.40. The smallest absolute Gasteiger partial charge is 0.262 e. The average Bonchev–Trinajstić information content (AvgIpc) is 3.31. The van der Waals surface area contributed by atoms with Gasteiger partial charge in [-0.15, -0.1) is 0 Å². The topological polar surface area (TPSA) is 55.2 Å². The summed E-state index contributed by atoms with van der Waals surface area (Å²) in [6, 6.07) is 9.73. The molecule has 3 rings (SSSR count). The predicted molar refractivity (Wildman–Crippen MR) is 89.3 cm³/mol. The second kappa shape index (κ2) is 6.09. The van der Waals surface area contributed by atoms with Crippen LogP contribution in [-0.2, 0) is 23.6 Å². The fraction of sp³-hybridized carbons (Fsp3) is 0.471. The van der Waals surface area contributed by atoms with Gasteiger partial charge in [0.1, 0.15) is 5.82 Å². The normalized spacial score (nSPS) is 16.7. The van der Waals surface area contributed by atoms with Crippen LogP contribution in [0.5, 0.6) is 0 Å². The lowest BCUT2D eigenvalue weighted by Gasteiger charge is -2.27. The zero-order valence-electron chi connectivity index (χ0n) is 13.8. The maximum absolute atomic E-state index is 13.1. The van der Waals surface area contributed by atoms with Crippen molar-refractivity contribution in [3.63, 3.8) is 0 Å². The first-order chi connectivity index (χ1) is 10.9. The maximum atomic E-state index is 13.1. The molecule has 1 aromatic heterocycles. The summed E-state index contributed by atoms with van der Waals surface area (Å²) < 4.78 is 29.6. The van der Waals surface area contributed by atoms with Gasteiger partial charge in [-0.05, 0) is 38.2 Å². The van der Waals surface area contributed by atoms with E-state index in [1.54, 1.807) is 15.1 Å². The van der Waals surface area contributed by atoms with E-state index in [0.29, 0.717) is 18.3 Å². The molecule has 23 heavy (non-hydrogen) atoms. The van der Waals surface area contributed by atoms with Crippen molar-refractivity contribution >= 4 is 10.0 Å². The molecule has 0 saturated heterocycles. The summed E-state index contributed by atoms with van der Waals surface area (Å²) in [6.07, 6.45) is 3.80. The molecule has 5 nitrogen and oxygen atoms in total. The molecule has 1 saturated carbocycles. The molecule has 2 aromatic rings. The molecular weight excluding hydrogens is 310 g/mol. The van der Waals surface area contributed by atoms with Crippen LogP contribution in [0.25, 0.3) is 0 Å². The van der Waals surface area contributed by atoms with Gasteiger partial charge >= 0.3 is 0 Å². The number of hydrogen-bond donors (Lipinski definition) is 0. The van der Waals surface area contributed by atoms with Crippen molar-refractivity contribution in [2.45, 2.75) is 44.3 Å². The van der Waals surface area contributed by atoms with Gasteiger partial charge in [0.2, 0.25) is 0 Å². The Kier molecular flexibility index (Phi) is 4.29. The quantitative estimate of drug-likeness (QED) is 0.817. The zero-order valence-corrected chi connectivity index (χ0v) is 14.6. The molecular formula is C17H23N3O2S. The largest absolute Gasteiger partial charge is 0.337 e. The molecule has 0 spiro atoms. The molecule has 0 radical (unpaired) electrons. The summed E-state index contributed by atoms with van der Waals surface area (Å²) in [5.74, 6) is 1.15. The van der Waals surface area contributed by atoms with E-state index in [0.717, 1.165) is 18.4 Å². The van der Waals surface area contributed by atoms with Crippen LogP contribution in [0.4, 0.5) is 0 Å². The molecule has 1 aliphatic rings. The van der Waals surface area contributed by atoms with Crippen LogP contribution in [0.15, 0.2) is 41.6 Å². The third kappa shape index (κ3) is 3.33. The zero-order chi connectivity index (χ0) is 16.6. The number of rotatable bonds is 6. The van der Waals surface area contributed by atoms with Crippen LogP contribution in [0.2, 0.25) is 0 Å². The Hall–Kier alpha value is -1.66. The van der Waals surface area contributed by atoms with Gasteiger partial charge in [0, 0.05) is 25.8 Å². The summed E-state index contributed by atoms with van der Waals surface area (Å²) in [7, 11) is -1.79. The Labute approximate surface area is 138 Å². The molecule has 0 aliphatic heterocycles. The first-order valence-corrected chi connectivity index (χ1v) is 9.39. The van der Waals surface area contributed by atoms with Gasteiger partial charge in [0.15, 0.2) is 5.03 Å². The third-order valence-electron chi connectivity index (χ3n) is 4.60. The molecule has 1 atom stereocenters. The number of nitrogens with zero attached hydrogens (tertiary/aromatic N) is 3. The van der Waals surface area contributed by atoms with Crippen LogP contribution >= 0.6 is 0 Å². The molecule has 0 N–H and O–H groups in total. The molecule has 1 aromatic carbocycles. The Morgan fingerprint density at radius 3 is 2.48 bits per heavy atom. The SMILES string of the molecule is Cc1nc(S(=O)(=O)N(Cc2ccccc2)[C@@H](C)C2CC2)cn1C. The first-order valence-electron chi connectivity index (χ1n) is 7.95. The van der Waals surface area contributed by atoms with Crippen LogP contribution in [0.3, 0.4) is 0 Å². The van der Waals surface area contributed by atoms with Crippen molar-refractivity contribution < 1.29 is 8.42 Å². The second-order valence-corrected chi connectivity index (χ2v) is 8.19. The lowest BCUT2D eigenvalue weighted by atomic mass is 10.2. The van der Waals surface area contributed by atoms with Crippen LogP contribution in [0, 0.1) is 12.8 Å². The van der Waals surface area contributed by atoms with E-state index < -0.39 is 10.0 Å². The predicted octanol–water partition coefficient (Wildman–Crippen LogP) is 2.72. The lowest BCUT2D eigenvalue weighted by molar-refractivity contribution is 0.302. The first kappa shape index (κ1) is 16.2. The molecule has 0 amide bonds. The Morgan fingerprint density at radius 1 is 1.30 bits per heavy atom. The highest BCUT2D eigenvalue weighted by Gasteiger charge is 2.39. The van der Waals surface area contributed by atoms with Crippen LogP contribution in [-0.4, -0.2) is 28.3 Å². The number of aryl methyl sites for hydroxylation is 2. The minimum absolute atomic E-state index is 0.0116. The van der Waals surface area contributed by atoms with E-state index in [1.165, 1.54) is 0 Å². The van der Waals surface area contributed by atoms with Gasteiger partial charge in [-0.25, -0.2) is 13.4 Å². The van der Waals surface area contributed by atoms with E-state index in [9.17, 15) is 8.42 Å². The van der Waals surface area contributed by atoms with E-state index in [-0.39, 0.29) is 11.1 Å². The molecule has 1 aliphatic carbocycles. The molecule has 1 heterocycles. The van der Waals surface area contributed by atoms with Crippen molar-refractivity contribution in [2.75, 3.05) is 0 Å². The van der Waals surface area contributed by atoms with E-state index in [2.05, 4.69) is 4.98 Å². The highest BCUT2D eigenvalue weighted by Crippen LogP contribution is 2.37. The van der Waals surface area contributed by atoms with Gasteiger partial charge in [-0.3, -0.25) is 0 Å². The van der Waals surface area contributed by atoms with Crippen LogP contribution in [0.1, 0.15) is 31.2 Å².